The molecular formula is C14H21ClN2O2. The maximum Gasteiger partial charge on any atom is 0.249 e. The molecule has 0 unspecified atom stereocenters. The molecule has 0 bridgehead atoms. The topological polar surface area (TPSA) is 49.4 Å². The molecule has 2 fully saturated rings. The van der Waals surface area contributed by atoms with E-state index in [0.29, 0.717) is 6.54 Å². The minimum absolute atomic E-state index is 0.0339. The van der Waals surface area contributed by atoms with E-state index in [9.17, 15) is 9.59 Å². The molecule has 2 amide bonds. The van der Waals surface area contributed by atoms with Crippen LogP contribution in [0.25, 0.3) is 0 Å². The quantitative estimate of drug-likeness (QED) is 0.845. The molecule has 1 N–H and O–H groups in total. The second-order valence-corrected chi connectivity index (χ2v) is 6.19. The molecule has 5 heteroatoms. The molecule has 1 saturated heterocycles. The van der Waals surface area contributed by atoms with Crippen LogP contribution in [0.1, 0.15) is 46.0 Å². The van der Waals surface area contributed by atoms with Gasteiger partial charge in [0, 0.05) is 12.1 Å². The summed E-state index contributed by atoms with van der Waals surface area (Å²) in [4.78, 5) is 26.8. The number of hydrogen-bond acceptors (Lipinski definition) is 2. The van der Waals surface area contributed by atoms with Crippen LogP contribution in [-0.4, -0.2) is 34.3 Å². The molecule has 1 aliphatic carbocycles. The smallest absolute Gasteiger partial charge is 0.249 e. The summed E-state index contributed by atoms with van der Waals surface area (Å²) < 4.78 is 0. The third kappa shape index (κ3) is 2.38. The van der Waals surface area contributed by atoms with Gasteiger partial charge in [0.05, 0.1) is 0 Å². The Kier molecular flexibility index (Phi) is 3.90. The SMILES string of the molecule is CC1(C)C(=O)NC2(CCCCC2)C(=O)N1C/C=C/Cl. The number of nitrogens with one attached hydrogen (secondary N) is 1. The number of halogens is 1. The molecule has 1 saturated carbocycles. The fourth-order valence-corrected chi connectivity index (χ4v) is 3.09. The van der Waals surface area contributed by atoms with Crippen molar-refractivity contribution in [1.29, 1.82) is 0 Å². The van der Waals surface area contributed by atoms with Crippen LogP contribution >= 0.6 is 11.6 Å². The number of rotatable bonds is 2. The fourth-order valence-electron chi connectivity index (χ4n) is 3.01. The highest BCUT2D eigenvalue weighted by molar-refractivity contribution is 6.25. The van der Waals surface area contributed by atoms with E-state index in [1.54, 1.807) is 24.8 Å². The molecule has 1 heterocycles. The third-order valence-corrected chi connectivity index (χ3v) is 4.50. The predicted octanol–water partition coefficient (Wildman–Crippen LogP) is 2.18. The Morgan fingerprint density at radius 1 is 1.26 bits per heavy atom. The maximum absolute atomic E-state index is 12.8. The minimum Gasteiger partial charge on any atom is -0.340 e. The van der Waals surface area contributed by atoms with Gasteiger partial charge >= 0.3 is 0 Å². The summed E-state index contributed by atoms with van der Waals surface area (Å²) >= 11 is 5.56. The molecule has 2 rings (SSSR count). The van der Waals surface area contributed by atoms with Gasteiger partial charge in [-0.3, -0.25) is 9.59 Å². The third-order valence-electron chi connectivity index (χ3n) is 4.32. The Labute approximate surface area is 119 Å². The summed E-state index contributed by atoms with van der Waals surface area (Å²) in [6.45, 7) is 3.93. The molecule has 0 radical (unpaired) electrons. The highest BCUT2D eigenvalue weighted by Gasteiger charge is 2.54. The number of carbonyl (C=O) groups is 2. The average Bonchev–Trinajstić information content (AvgIpc) is 2.38. The van der Waals surface area contributed by atoms with Crippen LogP contribution in [0.4, 0.5) is 0 Å². The van der Waals surface area contributed by atoms with Gasteiger partial charge in [0.2, 0.25) is 11.8 Å². The number of piperazine rings is 1. The van der Waals surface area contributed by atoms with Gasteiger partial charge in [0.1, 0.15) is 11.1 Å². The van der Waals surface area contributed by atoms with Crippen LogP contribution in [0.2, 0.25) is 0 Å². The van der Waals surface area contributed by atoms with Crippen LogP contribution in [0, 0.1) is 0 Å². The van der Waals surface area contributed by atoms with Crippen LogP contribution in [0.3, 0.4) is 0 Å². The van der Waals surface area contributed by atoms with Gasteiger partial charge in [-0.25, -0.2) is 0 Å². The van der Waals surface area contributed by atoms with E-state index in [1.165, 1.54) is 5.54 Å². The molecular weight excluding hydrogens is 264 g/mol. The Hall–Kier alpha value is -1.03. The van der Waals surface area contributed by atoms with Crippen molar-refractivity contribution in [2.45, 2.75) is 57.0 Å². The maximum atomic E-state index is 12.8. The number of hydrogen-bond donors (Lipinski definition) is 1. The van der Waals surface area contributed by atoms with Gasteiger partial charge in [-0.05, 0) is 26.7 Å². The van der Waals surface area contributed by atoms with Crippen molar-refractivity contribution in [1.82, 2.24) is 10.2 Å². The monoisotopic (exact) mass is 284 g/mol. The first-order valence-electron chi connectivity index (χ1n) is 6.84. The zero-order valence-corrected chi connectivity index (χ0v) is 12.3. The fraction of sp³-hybridized carbons (Fsp3) is 0.714. The van der Waals surface area contributed by atoms with Crippen LogP contribution in [0.15, 0.2) is 11.6 Å². The number of nitrogens with zero attached hydrogens (tertiary/aromatic N) is 1. The normalized spacial score (nSPS) is 25.9. The van der Waals surface area contributed by atoms with Crippen LogP contribution < -0.4 is 5.32 Å². The minimum atomic E-state index is -0.823. The molecule has 0 aromatic carbocycles. The molecule has 19 heavy (non-hydrogen) atoms. The molecule has 106 valence electrons. The highest BCUT2D eigenvalue weighted by atomic mass is 35.5. The van der Waals surface area contributed by atoms with Crippen molar-refractivity contribution in [3.63, 3.8) is 0 Å². The molecule has 1 aliphatic heterocycles. The van der Waals surface area contributed by atoms with Gasteiger partial charge in [-0.15, -0.1) is 0 Å². The Morgan fingerprint density at radius 2 is 1.89 bits per heavy atom. The summed E-state index contributed by atoms with van der Waals surface area (Å²) in [5.41, 5.74) is -0.107. The van der Waals surface area contributed by atoms with E-state index in [0.717, 1.165) is 32.1 Å². The summed E-state index contributed by atoms with van der Waals surface area (Å²) in [6.07, 6.45) is 6.31. The standard InChI is InChI=1S/C14H21ClN2O2/c1-13(2)11(18)16-14(7-4-3-5-8-14)12(19)17(13)10-6-9-15/h6,9H,3-5,7-8,10H2,1-2H3,(H,16,18)/b9-6+. The van der Waals surface area contributed by atoms with Crippen molar-refractivity contribution in [2.24, 2.45) is 0 Å². The lowest BCUT2D eigenvalue weighted by Crippen LogP contribution is -2.74. The lowest BCUT2D eigenvalue weighted by atomic mass is 9.76. The first-order chi connectivity index (χ1) is 8.94. The average molecular weight is 285 g/mol. The Morgan fingerprint density at radius 3 is 2.47 bits per heavy atom. The number of amides is 2. The van der Waals surface area contributed by atoms with E-state index >= 15 is 0 Å². The molecule has 0 aromatic heterocycles. The van der Waals surface area contributed by atoms with Gasteiger partial charge in [0.25, 0.3) is 0 Å². The zero-order chi connectivity index (χ0) is 14.1. The molecule has 1 spiro atoms. The van der Waals surface area contributed by atoms with Gasteiger partial charge in [-0.1, -0.05) is 36.9 Å². The molecule has 4 nitrogen and oxygen atoms in total. The van der Waals surface area contributed by atoms with Crippen molar-refractivity contribution >= 4 is 23.4 Å². The first-order valence-corrected chi connectivity index (χ1v) is 7.28. The molecule has 2 aliphatic rings. The van der Waals surface area contributed by atoms with Gasteiger partial charge < -0.3 is 10.2 Å². The van der Waals surface area contributed by atoms with Crippen molar-refractivity contribution in [3.8, 4) is 0 Å². The second kappa shape index (κ2) is 5.16. The predicted molar refractivity (Wildman–Crippen MR) is 74.7 cm³/mol. The van der Waals surface area contributed by atoms with Crippen molar-refractivity contribution < 1.29 is 9.59 Å². The van der Waals surface area contributed by atoms with E-state index in [2.05, 4.69) is 5.32 Å². The number of carbonyl (C=O) groups excluding carboxylic acids is 2. The zero-order valence-electron chi connectivity index (χ0n) is 11.5. The van der Waals surface area contributed by atoms with Crippen molar-refractivity contribution in [3.05, 3.63) is 11.6 Å². The lowest BCUT2D eigenvalue weighted by molar-refractivity contribution is -0.161. The van der Waals surface area contributed by atoms with E-state index in [-0.39, 0.29) is 11.8 Å². The van der Waals surface area contributed by atoms with Crippen LogP contribution in [0.5, 0.6) is 0 Å². The summed E-state index contributed by atoms with van der Waals surface area (Å²) in [5, 5.41) is 2.99. The summed E-state index contributed by atoms with van der Waals surface area (Å²) in [5.74, 6) is -0.0384. The first kappa shape index (κ1) is 14.4. The summed E-state index contributed by atoms with van der Waals surface area (Å²) in [6, 6.07) is 0. The summed E-state index contributed by atoms with van der Waals surface area (Å²) in [7, 11) is 0. The Bertz CT molecular complexity index is 412. The van der Waals surface area contributed by atoms with E-state index in [4.69, 9.17) is 11.6 Å². The lowest BCUT2D eigenvalue weighted by Gasteiger charge is -2.51. The largest absolute Gasteiger partial charge is 0.340 e. The highest BCUT2D eigenvalue weighted by Crippen LogP contribution is 2.36. The van der Waals surface area contributed by atoms with Crippen molar-refractivity contribution in [2.75, 3.05) is 6.54 Å². The molecule has 0 atom stereocenters. The molecule has 0 aromatic rings. The van der Waals surface area contributed by atoms with E-state index in [1.807, 2.05) is 0 Å². The van der Waals surface area contributed by atoms with Gasteiger partial charge in [-0.2, -0.15) is 0 Å². The van der Waals surface area contributed by atoms with Gasteiger partial charge in [0.15, 0.2) is 0 Å². The Balaban J connectivity index is 2.32. The van der Waals surface area contributed by atoms with Crippen LogP contribution in [-0.2, 0) is 9.59 Å². The van der Waals surface area contributed by atoms with E-state index < -0.39 is 11.1 Å². The second-order valence-electron chi connectivity index (χ2n) is 5.93.